The molecule has 3 aromatic rings. The van der Waals surface area contributed by atoms with E-state index < -0.39 is 5.91 Å². The molecule has 6 nitrogen and oxygen atoms in total. The maximum absolute atomic E-state index is 12.2. The molecule has 0 saturated heterocycles. The predicted octanol–water partition coefficient (Wildman–Crippen LogP) is 2.97. The molecule has 1 atom stereocenters. The molecule has 2 aromatic carbocycles. The highest BCUT2D eigenvalue weighted by molar-refractivity contribution is 7.46. The number of nitrogens with one attached hydrogen (secondary N) is 2. The molecule has 0 saturated carbocycles. The Balaban J connectivity index is 1.66. The molecular weight excluding hydrogens is 371 g/mol. The number of carbonyl (C=O) groups is 2. The van der Waals surface area contributed by atoms with Crippen LogP contribution in [-0.2, 0) is 4.79 Å². The summed E-state index contributed by atoms with van der Waals surface area (Å²) in [5, 5.41) is 13.4. The summed E-state index contributed by atoms with van der Waals surface area (Å²) in [4.78, 5) is 24.0. The Morgan fingerprint density at radius 1 is 1.19 bits per heavy atom. The van der Waals surface area contributed by atoms with Crippen LogP contribution in [0.25, 0.3) is 10.1 Å². The minimum Gasteiger partial charge on any atom is -0.483 e. The number of hydroxylamine groups is 1. The molecule has 0 radical (unpaired) electrons. The Bertz CT molecular complexity index is 957. The van der Waals surface area contributed by atoms with Crippen LogP contribution in [0.3, 0.4) is 0 Å². The standard InChI is InChI=1S/C18H17N2O4PS/c1-25-14-5-3-2-4-13(14)24-10-17(21)19-12-6-7-15-11(8-12)9-16(26-15)18(22)20-23/h2-9,23,25H,10H2,1H3,(H,19,21)(H,20,22). The molecule has 8 heteroatoms. The molecule has 0 aliphatic rings. The zero-order chi connectivity index (χ0) is 18.5. The molecule has 3 rings (SSSR count). The van der Waals surface area contributed by atoms with Crippen molar-refractivity contribution in [2.24, 2.45) is 0 Å². The van der Waals surface area contributed by atoms with Gasteiger partial charge in [0.15, 0.2) is 6.61 Å². The Morgan fingerprint density at radius 2 is 2.00 bits per heavy atom. The van der Waals surface area contributed by atoms with Crippen molar-refractivity contribution in [3.63, 3.8) is 0 Å². The van der Waals surface area contributed by atoms with Gasteiger partial charge in [-0.05, 0) is 42.4 Å². The number of hydrogen-bond donors (Lipinski definition) is 3. The molecule has 1 unspecified atom stereocenters. The Morgan fingerprint density at radius 3 is 2.77 bits per heavy atom. The average Bonchev–Trinajstić information content (AvgIpc) is 3.09. The van der Waals surface area contributed by atoms with Crippen molar-refractivity contribution in [3.05, 3.63) is 53.4 Å². The van der Waals surface area contributed by atoms with Gasteiger partial charge in [-0.2, -0.15) is 0 Å². The fourth-order valence-electron chi connectivity index (χ4n) is 2.43. The van der Waals surface area contributed by atoms with Crippen LogP contribution >= 0.6 is 19.9 Å². The lowest BCUT2D eigenvalue weighted by Crippen LogP contribution is -2.21. The van der Waals surface area contributed by atoms with Crippen molar-refractivity contribution in [2.45, 2.75) is 0 Å². The smallest absolute Gasteiger partial charge is 0.284 e. The van der Waals surface area contributed by atoms with Crippen LogP contribution in [-0.4, -0.2) is 30.3 Å². The number of ether oxygens (including phenoxy) is 1. The summed E-state index contributed by atoms with van der Waals surface area (Å²) in [7, 11) is 0.589. The fourth-order valence-corrected chi connectivity index (χ4v) is 4.03. The molecule has 0 aliphatic carbocycles. The van der Waals surface area contributed by atoms with Gasteiger partial charge in [-0.25, -0.2) is 5.48 Å². The van der Waals surface area contributed by atoms with E-state index in [1.807, 2.05) is 30.3 Å². The number of thiophene rings is 1. The number of para-hydroxylation sites is 1. The van der Waals surface area contributed by atoms with E-state index in [-0.39, 0.29) is 12.5 Å². The number of benzene rings is 2. The lowest BCUT2D eigenvalue weighted by Gasteiger charge is -2.10. The third-order valence-corrected chi connectivity index (χ3v) is 5.71. The molecule has 26 heavy (non-hydrogen) atoms. The molecule has 0 bridgehead atoms. The second-order valence-corrected chi connectivity index (χ2v) is 7.51. The van der Waals surface area contributed by atoms with Crippen LogP contribution in [0.15, 0.2) is 48.5 Å². The highest BCUT2D eigenvalue weighted by Crippen LogP contribution is 2.28. The second kappa shape index (κ2) is 8.27. The number of carbonyl (C=O) groups excluding carboxylic acids is 2. The van der Waals surface area contributed by atoms with Crippen molar-refractivity contribution >= 4 is 52.8 Å². The fraction of sp³-hybridized carbons (Fsp3) is 0.111. The highest BCUT2D eigenvalue weighted by atomic mass is 32.1. The number of fused-ring (bicyclic) bond motifs is 1. The molecule has 2 amide bonds. The topological polar surface area (TPSA) is 87.7 Å². The molecule has 134 valence electrons. The van der Waals surface area contributed by atoms with E-state index in [4.69, 9.17) is 9.94 Å². The summed E-state index contributed by atoms with van der Waals surface area (Å²) in [6, 6.07) is 14.7. The molecule has 1 heterocycles. The first kappa shape index (κ1) is 18.3. The molecular formula is C18H17N2O4PS. The Labute approximate surface area is 155 Å². The van der Waals surface area contributed by atoms with Gasteiger partial charge in [-0.15, -0.1) is 11.3 Å². The third-order valence-electron chi connectivity index (χ3n) is 3.64. The summed E-state index contributed by atoms with van der Waals surface area (Å²) >= 11 is 1.26. The third kappa shape index (κ3) is 4.19. The zero-order valence-electron chi connectivity index (χ0n) is 13.9. The van der Waals surface area contributed by atoms with E-state index in [0.29, 0.717) is 19.1 Å². The summed E-state index contributed by atoms with van der Waals surface area (Å²) in [6.07, 6.45) is 0. The van der Waals surface area contributed by atoms with Gasteiger partial charge >= 0.3 is 0 Å². The maximum Gasteiger partial charge on any atom is 0.284 e. The van der Waals surface area contributed by atoms with E-state index >= 15 is 0 Å². The Kier molecular flexibility index (Phi) is 5.83. The van der Waals surface area contributed by atoms with Crippen molar-refractivity contribution in [1.29, 1.82) is 0 Å². The van der Waals surface area contributed by atoms with Crippen LogP contribution < -0.4 is 20.8 Å². The van der Waals surface area contributed by atoms with E-state index in [1.54, 1.807) is 23.7 Å². The van der Waals surface area contributed by atoms with Crippen molar-refractivity contribution in [1.82, 2.24) is 5.48 Å². The molecule has 1 aromatic heterocycles. The van der Waals surface area contributed by atoms with Crippen LogP contribution in [0.2, 0.25) is 0 Å². The lowest BCUT2D eigenvalue weighted by molar-refractivity contribution is -0.118. The normalized spacial score (nSPS) is 11.0. The summed E-state index contributed by atoms with van der Waals surface area (Å²) in [5.41, 5.74) is 2.23. The molecule has 0 aliphatic heterocycles. The first-order valence-electron chi connectivity index (χ1n) is 7.78. The second-order valence-electron chi connectivity index (χ2n) is 5.39. The van der Waals surface area contributed by atoms with Crippen LogP contribution in [0.5, 0.6) is 5.75 Å². The van der Waals surface area contributed by atoms with E-state index in [1.165, 1.54) is 11.3 Å². The molecule has 0 spiro atoms. The number of rotatable bonds is 6. The SMILES string of the molecule is CPc1ccccc1OCC(=O)Nc1ccc2sc(C(=O)NO)cc2c1. The zero-order valence-corrected chi connectivity index (χ0v) is 15.7. The summed E-state index contributed by atoms with van der Waals surface area (Å²) in [5.74, 6) is -0.0981. The monoisotopic (exact) mass is 388 g/mol. The van der Waals surface area contributed by atoms with Gasteiger partial charge in [0.05, 0.1) is 4.88 Å². The quantitative estimate of drug-likeness (QED) is 0.344. The van der Waals surface area contributed by atoms with Gasteiger partial charge in [0.1, 0.15) is 5.75 Å². The van der Waals surface area contributed by atoms with E-state index in [9.17, 15) is 9.59 Å². The van der Waals surface area contributed by atoms with Gasteiger partial charge in [0.2, 0.25) is 0 Å². The number of anilines is 1. The van der Waals surface area contributed by atoms with Gasteiger partial charge in [0.25, 0.3) is 11.8 Å². The Hall–Kier alpha value is -2.47. The predicted molar refractivity (Wildman–Crippen MR) is 106 cm³/mol. The molecule has 3 N–H and O–H groups in total. The number of amides is 2. The molecule has 0 fully saturated rings. The van der Waals surface area contributed by atoms with Crippen molar-refractivity contribution < 1.29 is 19.5 Å². The first-order valence-corrected chi connectivity index (χ1v) is 10.1. The van der Waals surface area contributed by atoms with Crippen LogP contribution in [0.4, 0.5) is 5.69 Å². The minimum atomic E-state index is -0.555. The van der Waals surface area contributed by atoms with E-state index in [2.05, 4.69) is 12.0 Å². The van der Waals surface area contributed by atoms with Gasteiger partial charge in [-0.1, -0.05) is 26.8 Å². The van der Waals surface area contributed by atoms with E-state index in [0.717, 1.165) is 21.1 Å². The van der Waals surface area contributed by atoms with Crippen LogP contribution in [0, 0.1) is 0 Å². The minimum absolute atomic E-state index is 0.0820. The lowest BCUT2D eigenvalue weighted by atomic mass is 10.2. The van der Waals surface area contributed by atoms with Gasteiger partial charge in [-0.3, -0.25) is 14.8 Å². The van der Waals surface area contributed by atoms with Gasteiger partial charge < -0.3 is 10.1 Å². The largest absolute Gasteiger partial charge is 0.483 e. The van der Waals surface area contributed by atoms with Gasteiger partial charge in [0, 0.05) is 15.7 Å². The summed E-state index contributed by atoms with van der Waals surface area (Å²) in [6.45, 7) is 1.98. The van der Waals surface area contributed by atoms with Crippen molar-refractivity contribution in [3.8, 4) is 5.75 Å². The first-order chi connectivity index (χ1) is 12.6. The summed E-state index contributed by atoms with van der Waals surface area (Å²) < 4.78 is 6.50. The maximum atomic E-state index is 12.2. The highest BCUT2D eigenvalue weighted by Gasteiger charge is 2.11. The average molecular weight is 388 g/mol. The van der Waals surface area contributed by atoms with Crippen LogP contribution in [0.1, 0.15) is 9.67 Å². The van der Waals surface area contributed by atoms with Crippen molar-refractivity contribution in [2.75, 3.05) is 18.6 Å². The number of hydrogen-bond acceptors (Lipinski definition) is 5.